The molecular weight excluding hydrogens is 583 g/mol. The van der Waals surface area contributed by atoms with Crippen molar-refractivity contribution in [2.45, 2.75) is 78.6 Å². The average Bonchev–Trinajstić information content (AvgIpc) is 3.58. The molecule has 4 heterocycles. The highest BCUT2D eigenvalue weighted by Gasteiger charge is 2.46. The molecule has 0 spiro atoms. The van der Waals surface area contributed by atoms with E-state index in [0.717, 1.165) is 22.5 Å². The smallest absolute Gasteiger partial charge is 0.336 e. The number of anilines is 2. The van der Waals surface area contributed by atoms with Crippen molar-refractivity contribution in [3.63, 3.8) is 0 Å². The van der Waals surface area contributed by atoms with Gasteiger partial charge in [-0.1, -0.05) is 117 Å². The molecule has 2 aliphatic heterocycles. The number of benzene rings is 5. The molecule has 0 radical (unpaired) electrons. The van der Waals surface area contributed by atoms with Gasteiger partial charge in [-0.25, -0.2) is 0 Å². The highest BCUT2D eigenvalue weighted by molar-refractivity contribution is 6.93. The number of hydrogen-bond donors (Lipinski definition) is 0. The molecule has 9 rings (SSSR count). The summed E-state index contributed by atoms with van der Waals surface area (Å²) in [5, 5.41) is 3.81. The summed E-state index contributed by atoms with van der Waals surface area (Å²) in [5.74, 6) is 0.920. The van der Waals surface area contributed by atoms with Crippen molar-refractivity contribution in [2.75, 3.05) is 4.81 Å². The van der Waals surface area contributed by atoms with Crippen LogP contribution in [-0.4, -0.2) is 11.4 Å². The Labute approximate surface area is 284 Å². The van der Waals surface area contributed by atoms with Gasteiger partial charge in [-0.3, -0.25) is 0 Å². The zero-order chi connectivity index (χ0) is 33.5. The summed E-state index contributed by atoms with van der Waals surface area (Å²) in [6.45, 7) is 20.7. The second-order valence-corrected chi connectivity index (χ2v) is 17.1. The molecular formula is C44H43BN2O. The molecule has 0 atom stereocenters. The average molecular weight is 627 g/mol. The van der Waals surface area contributed by atoms with Gasteiger partial charge in [0.1, 0.15) is 5.58 Å². The third kappa shape index (κ3) is 4.01. The Kier molecular flexibility index (Phi) is 5.81. The molecule has 0 saturated heterocycles. The van der Waals surface area contributed by atoms with E-state index < -0.39 is 0 Å². The molecule has 48 heavy (non-hydrogen) atoms. The maximum atomic E-state index is 6.92. The van der Waals surface area contributed by atoms with E-state index in [1.807, 2.05) is 0 Å². The SMILES string of the molecule is CC(C)(C)c1ccc(N2B3c4c(cccc4-n4c5ccc(C(C)(C)C)cc5c5cc(C(C)(C)C)cc3c54)-c3c2oc2ccccc32)cc1. The summed E-state index contributed by atoms with van der Waals surface area (Å²) >= 11 is 0. The Morgan fingerprint density at radius 3 is 1.96 bits per heavy atom. The van der Waals surface area contributed by atoms with Gasteiger partial charge in [0.25, 0.3) is 0 Å². The first-order chi connectivity index (χ1) is 22.7. The van der Waals surface area contributed by atoms with Crippen molar-refractivity contribution < 1.29 is 4.42 Å². The Bertz CT molecular complexity index is 2460. The number of fused-ring (bicyclic) bond motifs is 9. The van der Waals surface area contributed by atoms with Gasteiger partial charge in [-0.2, -0.15) is 0 Å². The molecule has 5 aromatic carbocycles. The van der Waals surface area contributed by atoms with Gasteiger partial charge in [0.2, 0.25) is 0 Å². The third-order valence-corrected chi connectivity index (χ3v) is 10.8. The van der Waals surface area contributed by atoms with E-state index in [0.29, 0.717) is 0 Å². The maximum absolute atomic E-state index is 6.92. The van der Waals surface area contributed by atoms with Crippen molar-refractivity contribution >= 4 is 62.1 Å². The lowest BCUT2D eigenvalue weighted by molar-refractivity contribution is 0.590. The van der Waals surface area contributed by atoms with E-state index in [9.17, 15) is 0 Å². The Hall–Kier alpha value is -4.70. The monoisotopic (exact) mass is 626 g/mol. The Morgan fingerprint density at radius 2 is 1.25 bits per heavy atom. The molecule has 7 aromatic rings. The fourth-order valence-electron chi connectivity index (χ4n) is 8.18. The second kappa shape index (κ2) is 9.47. The summed E-state index contributed by atoms with van der Waals surface area (Å²) < 4.78 is 9.48. The van der Waals surface area contributed by atoms with Crippen molar-refractivity contribution in [3.8, 4) is 16.8 Å². The number of rotatable bonds is 1. The number of aromatic nitrogens is 1. The highest BCUT2D eigenvalue weighted by atomic mass is 16.4. The number of furan rings is 1. The Morgan fingerprint density at radius 1 is 0.583 bits per heavy atom. The highest BCUT2D eigenvalue weighted by Crippen LogP contribution is 2.49. The quantitative estimate of drug-likeness (QED) is 0.169. The van der Waals surface area contributed by atoms with E-state index in [2.05, 4.69) is 169 Å². The predicted octanol–water partition coefficient (Wildman–Crippen LogP) is 10.7. The van der Waals surface area contributed by atoms with Crippen LogP contribution in [0.4, 0.5) is 11.6 Å². The molecule has 0 amide bonds. The van der Waals surface area contributed by atoms with E-state index in [4.69, 9.17) is 4.42 Å². The van der Waals surface area contributed by atoms with Gasteiger partial charge in [0, 0.05) is 27.5 Å². The minimum absolute atomic E-state index is 0.0288. The molecule has 3 nitrogen and oxygen atoms in total. The van der Waals surface area contributed by atoms with Crippen LogP contribution >= 0.6 is 0 Å². The van der Waals surface area contributed by atoms with Crippen LogP contribution in [0.25, 0.3) is 49.6 Å². The van der Waals surface area contributed by atoms with Gasteiger partial charge >= 0.3 is 6.85 Å². The van der Waals surface area contributed by atoms with Gasteiger partial charge in [0.05, 0.1) is 16.6 Å². The fraction of sp³-hybridized carbons (Fsp3) is 0.273. The van der Waals surface area contributed by atoms with Gasteiger partial charge in [-0.15, -0.1) is 0 Å². The number of nitrogens with zero attached hydrogens (tertiary/aromatic N) is 2. The van der Waals surface area contributed by atoms with Crippen LogP contribution in [0.5, 0.6) is 0 Å². The lowest BCUT2D eigenvalue weighted by atomic mass is 9.44. The second-order valence-electron chi connectivity index (χ2n) is 17.1. The predicted molar refractivity (Wildman–Crippen MR) is 206 cm³/mol. The van der Waals surface area contributed by atoms with Gasteiger partial charge in [0.15, 0.2) is 5.88 Å². The minimum atomic E-state index is -0.0616. The standard InChI is InChI=1S/C44H43BN2O/c1-42(2,3)26-17-20-29(21-18-26)47-41-38(30-13-10-11-16-37(30)48-41)31-14-12-15-36-39(31)45(47)34-25-28(44(7,8)9)24-33-32-23-27(43(4,5)6)19-22-35(32)46(36)40(33)34/h10-25H,1-9H3. The first-order valence-corrected chi connectivity index (χ1v) is 17.4. The normalized spacial score (nSPS) is 14.3. The van der Waals surface area contributed by atoms with Crippen LogP contribution < -0.4 is 15.7 Å². The summed E-state index contributed by atoms with van der Waals surface area (Å²) in [7, 11) is 0. The molecule has 0 fully saturated rings. The van der Waals surface area contributed by atoms with Crippen LogP contribution in [0.2, 0.25) is 0 Å². The third-order valence-electron chi connectivity index (χ3n) is 10.8. The van der Waals surface area contributed by atoms with Crippen LogP contribution in [0.15, 0.2) is 101 Å². The summed E-state index contributed by atoms with van der Waals surface area (Å²) in [4.78, 5) is 2.50. The van der Waals surface area contributed by atoms with Crippen LogP contribution in [-0.2, 0) is 16.2 Å². The van der Waals surface area contributed by atoms with E-state index in [1.165, 1.54) is 66.2 Å². The molecule has 238 valence electrons. The molecule has 0 unspecified atom stereocenters. The minimum Gasteiger partial charge on any atom is -0.441 e. The summed E-state index contributed by atoms with van der Waals surface area (Å²) in [6.07, 6.45) is 0. The van der Waals surface area contributed by atoms with Crippen LogP contribution in [0, 0.1) is 0 Å². The van der Waals surface area contributed by atoms with Crippen molar-refractivity contribution in [3.05, 3.63) is 114 Å². The van der Waals surface area contributed by atoms with Crippen molar-refractivity contribution in [2.24, 2.45) is 0 Å². The largest absolute Gasteiger partial charge is 0.441 e. The van der Waals surface area contributed by atoms with Crippen LogP contribution in [0.1, 0.15) is 79.0 Å². The lowest BCUT2D eigenvalue weighted by Crippen LogP contribution is -2.60. The first kappa shape index (κ1) is 29.4. The zero-order valence-corrected chi connectivity index (χ0v) is 29.6. The topological polar surface area (TPSA) is 21.3 Å². The first-order valence-electron chi connectivity index (χ1n) is 17.4. The molecule has 0 saturated carbocycles. The Balaban J connectivity index is 1.45. The summed E-state index contributed by atoms with van der Waals surface area (Å²) in [5.41, 5.74) is 15.1. The van der Waals surface area contributed by atoms with E-state index >= 15 is 0 Å². The molecule has 0 bridgehead atoms. The van der Waals surface area contributed by atoms with Crippen LogP contribution in [0.3, 0.4) is 0 Å². The molecule has 2 aromatic heterocycles. The van der Waals surface area contributed by atoms with Crippen molar-refractivity contribution in [1.29, 1.82) is 0 Å². The number of hydrogen-bond acceptors (Lipinski definition) is 2. The van der Waals surface area contributed by atoms with Gasteiger partial charge < -0.3 is 13.8 Å². The van der Waals surface area contributed by atoms with Gasteiger partial charge in [-0.05, 0) is 91.9 Å². The molecule has 0 aliphatic carbocycles. The molecule has 4 heteroatoms. The lowest BCUT2D eigenvalue weighted by Gasteiger charge is -2.40. The fourth-order valence-corrected chi connectivity index (χ4v) is 8.18. The maximum Gasteiger partial charge on any atom is 0.336 e. The van der Waals surface area contributed by atoms with Crippen molar-refractivity contribution in [1.82, 2.24) is 4.57 Å². The summed E-state index contributed by atoms with van der Waals surface area (Å²) in [6, 6.07) is 36.7. The van der Waals surface area contributed by atoms with E-state index in [1.54, 1.807) is 0 Å². The number of para-hydroxylation sites is 1. The zero-order valence-electron chi connectivity index (χ0n) is 29.6. The molecule has 2 aliphatic rings. The molecule has 0 N–H and O–H groups in total. The van der Waals surface area contributed by atoms with E-state index in [-0.39, 0.29) is 23.1 Å².